The molecule has 2 N–H and O–H groups in total. The molecule has 0 amide bonds. The van der Waals surface area contributed by atoms with Crippen LogP contribution < -0.4 is 5.73 Å². The molecule has 18 heavy (non-hydrogen) atoms. The first-order valence-electron chi connectivity index (χ1n) is 6.58. The summed E-state index contributed by atoms with van der Waals surface area (Å²) >= 11 is 5.73. The molecular weight excluding hydrogens is 251 g/mol. The second kappa shape index (κ2) is 6.00. The highest BCUT2D eigenvalue weighted by atomic mass is 35.5. The molecule has 2 nitrogen and oxygen atoms in total. The predicted octanol–water partition coefficient (Wildman–Crippen LogP) is 3.35. The first kappa shape index (κ1) is 13.8. The third-order valence-corrected chi connectivity index (χ3v) is 3.88. The van der Waals surface area contributed by atoms with Crippen molar-refractivity contribution in [3.63, 3.8) is 0 Å². The highest BCUT2D eigenvalue weighted by Gasteiger charge is 2.30. The van der Waals surface area contributed by atoms with Crippen molar-refractivity contribution in [3.8, 4) is 0 Å². The monoisotopic (exact) mass is 270 g/mol. The molecule has 2 rings (SSSR count). The molecule has 1 fully saturated rings. The Morgan fingerprint density at radius 2 is 2.28 bits per heavy atom. The number of hydrogen-bond donors (Lipinski definition) is 1. The number of benzene rings is 1. The quantitative estimate of drug-likeness (QED) is 0.913. The summed E-state index contributed by atoms with van der Waals surface area (Å²) in [5, 5.41) is 0.171. The number of rotatable bonds is 3. The van der Waals surface area contributed by atoms with Crippen LogP contribution >= 0.6 is 11.6 Å². The van der Waals surface area contributed by atoms with Crippen LogP contribution in [0.25, 0.3) is 0 Å². The molecule has 2 atom stereocenters. The van der Waals surface area contributed by atoms with Crippen LogP contribution in [0.1, 0.15) is 37.8 Å². The Balaban J connectivity index is 2.28. The zero-order valence-corrected chi connectivity index (χ0v) is 11.5. The number of nitrogens with two attached hydrogens (primary N) is 1. The van der Waals surface area contributed by atoms with E-state index < -0.39 is 0 Å². The van der Waals surface area contributed by atoms with Gasteiger partial charge in [0.05, 0.1) is 5.02 Å². The molecule has 1 heterocycles. The first-order chi connectivity index (χ1) is 8.63. The average Bonchev–Trinajstić information content (AvgIpc) is 2.34. The third kappa shape index (κ3) is 2.85. The van der Waals surface area contributed by atoms with Gasteiger partial charge in [0.15, 0.2) is 0 Å². The zero-order chi connectivity index (χ0) is 13.1. The molecule has 1 aromatic rings. The van der Waals surface area contributed by atoms with Crippen molar-refractivity contribution >= 4 is 11.6 Å². The van der Waals surface area contributed by atoms with Gasteiger partial charge in [-0.15, -0.1) is 0 Å². The largest absolute Gasteiger partial charge is 0.326 e. The molecule has 4 heteroatoms. The summed E-state index contributed by atoms with van der Waals surface area (Å²) in [7, 11) is 0. The van der Waals surface area contributed by atoms with Gasteiger partial charge in [-0.2, -0.15) is 0 Å². The molecule has 2 unspecified atom stereocenters. The van der Waals surface area contributed by atoms with Gasteiger partial charge >= 0.3 is 0 Å². The lowest BCUT2D eigenvalue weighted by Gasteiger charge is -2.40. The Hall–Kier alpha value is -0.640. The fraction of sp³-hybridized carbons (Fsp3) is 0.571. The van der Waals surface area contributed by atoms with Gasteiger partial charge in [0, 0.05) is 12.1 Å². The lowest BCUT2D eigenvalue weighted by atomic mass is 9.91. The summed E-state index contributed by atoms with van der Waals surface area (Å²) in [5.41, 5.74) is 7.16. The molecule has 0 saturated carbocycles. The van der Waals surface area contributed by atoms with Crippen LogP contribution in [-0.4, -0.2) is 24.0 Å². The van der Waals surface area contributed by atoms with Crippen molar-refractivity contribution in [2.75, 3.05) is 13.1 Å². The van der Waals surface area contributed by atoms with E-state index in [2.05, 4.69) is 11.8 Å². The van der Waals surface area contributed by atoms with E-state index in [0.29, 0.717) is 0 Å². The van der Waals surface area contributed by atoms with E-state index in [1.165, 1.54) is 6.07 Å². The molecule has 1 aliphatic heterocycles. The minimum absolute atomic E-state index is 0.0749. The van der Waals surface area contributed by atoms with Crippen LogP contribution in [0.5, 0.6) is 0 Å². The number of nitrogens with zero attached hydrogens (tertiary/aromatic N) is 1. The average molecular weight is 271 g/mol. The van der Waals surface area contributed by atoms with Crippen molar-refractivity contribution in [2.24, 2.45) is 5.73 Å². The van der Waals surface area contributed by atoms with E-state index in [1.807, 2.05) is 6.07 Å². The maximum absolute atomic E-state index is 13.6. The van der Waals surface area contributed by atoms with Gasteiger partial charge in [0.1, 0.15) is 5.82 Å². The molecule has 1 aromatic carbocycles. The van der Waals surface area contributed by atoms with Gasteiger partial charge in [-0.25, -0.2) is 4.39 Å². The van der Waals surface area contributed by atoms with Crippen molar-refractivity contribution in [3.05, 3.63) is 34.6 Å². The fourth-order valence-electron chi connectivity index (χ4n) is 2.79. The van der Waals surface area contributed by atoms with E-state index in [9.17, 15) is 4.39 Å². The normalized spacial score (nSPS) is 25.3. The maximum Gasteiger partial charge on any atom is 0.142 e. The molecule has 0 spiro atoms. The first-order valence-corrected chi connectivity index (χ1v) is 6.96. The van der Waals surface area contributed by atoms with Crippen molar-refractivity contribution in [1.82, 2.24) is 4.90 Å². The van der Waals surface area contributed by atoms with E-state index in [-0.39, 0.29) is 22.9 Å². The van der Waals surface area contributed by atoms with Crippen LogP contribution in [0.3, 0.4) is 0 Å². The summed E-state index contributed by atoms with van der Waals surface area (Å²) < 4.78 is 13.6. The zero-order valence-electron chi connectivity index (χ0n) is 10.7. The van der Waals surface area contributed by atoms with Gasteiger partial charge in [-0.1, -0.05) is 24.6 Å². The minimum Gasteiger partial charge on any atom is -0.326 e. The number of likely N-dealkylation sites (tertiary alicyclic amines) is 1. The molecule has 1 aliphatic rings. The van der Waals surface area contributed by atoms with Crippen LogP contribution in [0.4, 0.5) is 4.39 Å². The molecule has 0 aromatic heterocycles. The van der Waals surface area contributed by atoms with Gasteiger partial charge < -0.3 is 5.73 Å². The van der Waals surface area contributed by atoms with Crippen LogP contribution in [0, 0.1) is 5.82 Å². The summed E-state index contributed by atoms with van der Waals surface area (Å²) in [6.45, 7) is 4.19. The topological polar surface area (TPSA) is 29.3 Å². The molecule has 0 radical (unpaired) electrons. The van der Waals surface area contributed by atoms with Crippen molar-refractivity contribution < 1.29 is 4.39 Å². The van der Waals surface area contributed by atoms with Crippen molar-refractivity contribution in [1.29, 1.82) is 0 Å². The highest BCUT2D eigenvalue weighted by Crippen LogP contribution is 2.31. The van der Waals surface area contributed by atoms with E-state index in [4.69, 9.17) is 17.3 Å². The summed E-state index contributed by atoms with van der Waals surface area (Å²) in [6.07, 6.45) is 3.20. The predicted molar refractivity (Wildman–Crippen MR) is 73.2 cm³/mol. The minimum atomic E-state index is -0.358. The number of halogens is 2. The molecule has 1 saturated heterocycles. The molecule has 0 aliphatic carbocycles. The van der Waals surface area contributed by atoms with Crippen LogP contribution in [0.15, 0.2) is 18.2 Å². The smallest absolute Gasteiger partial charge is 0.142 e. The van der Waals surface area contributed by atoms with Crippen LogP contribution in [0.2, 0.25) is 5.02 Å². The van der Waals surface area contributed by atoms with Gasteiger partial charge in [0.25, 0.3) is 0 Å². The summed E-state index contributed by atoms with van der Waals surface area (Å²) in [5.74, 6) is -0.358. The summed E-state index contributed by atoms with van der Waals surface area (Å²) in [6, 6.07) is 5.24. The molecule has 100 valence electrons. The van der Waals surface area contributed by atoms with Gasteiger partial charge in [-0.3, -0.25) is 4.90 Å². The van der Waals surface area contributed by atoms with Gasteiger partial charge in [0.2, 0.25) is 0 Å². The Labute approximate surface area is 113 Å². The maximum atomic E-state index is 13.6. The fourth-order valence-corrected chi connectivity index (χ4v) is 2.91. The Morgan fingerprint density at radius 1 is 1.50 bits per heavy atom. The molecular formula is C14H20ClFN2. The van der Waals surface area contributed by atoms with Crippen molar-refractivity contribution in [2.45, 2.75) is 38.3 Å². The lowest BCUT2D eigenvalue weighted by Crippen LogP contribution is -2.46. The highest BCUT2D eigenvalue weighted by molar-refractivity contribution is 6.30. The standard InChI is InChI=1S/C14H20ClFN2/c1-2-7-18-8-3-4-13(17)14(18)10-5-6-11(15)12(16)9-10/h5-6,9,13-14H,2-4,7-8,17H2,1H3. The van der Waals surface area contributed by atoms with Gasteiger partial charge in [-0.05, 0) is 50.0 Å². The van der Waals surface area contributed by atoms with E-state index >= 15 is 0 Å². The second-order valence-corrected chi connectivity index (χ2v) is 5.37. The third-order valence-electron chi connectivity index (χ3n) is 3.58. The summed E-state index contributed by atoms with van der Waals surface area (Å²) in [4.78, 5) is 2.36. The lowest BCUT2D eigenvalue weighted by molar-refractivity contribution is 0.128. The Kier molecular flexibility index (Phi) is 4.60. The molecule has 0 bridgehead atoms. The van der Waals surface area contributed by atoms with E-state index in [1.54, 1.807) is 6.07 Å². The van der Waals surface area contributed by atoms with Crippen LogP contribution in [-0.2, 0) is 0 Å². The Morgan fingerprint density at radius 3 is 2.94 bits per heavy atom. The Bertz CT molecular complexity index is 409. The SMILES string of the molecule is CCCN1CCCC(N)C1c1ccc(Cl)c(F)c1. The number of hydrogen-bond acceptors (Lipinski definition) is 2. The number of piperidine rings is 1. The second-order valence-electron chi connectivity index (χ2n) is 4.96. The van der Waals surface area contributed by atoms with E-state index in [0.717, 1.165) is 37.9 Å².